The molecule has 0 saturated carbocycles. The standard InChI is InChI=1S/C34H30O6/c1-3-32(35)38-20-5-6-24-7-11-26(12-8-24)27-13-14-29-23-30(16-15-28(29)22-27)34(37)40-31-17-9-25(10-18-31)19-21-39-33(36)4-2/h3-4,7-18,22-23H,1-2,5-6,19-21H2. The van der Waals surface area contributed by atoms with Gasteiger partial charge in [-0.25, -0.2) is 14.4 Å². The Morgan fingerprint density at radius 2 is 1.20 bits per heavy atom. The third-order valence-corrected chi connectivity index (χ3v) is 6.32. The van der Waals surface area contributed by atoms with Crippen molar-refractivity contribution in [3.63, 3.8) is 0 Å². The van der Waals surface area contributed by atoms with Crippen molar-refractivity contribution in [1.29, 1.82) is 0 Å². The topological polar surface area (TPSA) is 78.9 Å². The number of carbonyl (C=O) groups excluding carboxylic acids is 3. The molecule has 0 aliphatic rings. The molecule has 0 aromatic heterocycles. The molecule has 4 aromatic carbocycles. The lowest BCUT2D eigenvalue weighted by molar-refractivity contribution is -0.138. The van der Waals surface area contributed by atoms with E-state index in [1.165, 1.54) is 11.6 Å². The summed E-state index contributed by atoms with van der Waals surface area (Å²) in [6.45, 7) is 7.38. The molecule has 202 valence electrons. The van der Waals surface area contributed by atoms with Gasteiger partial charge in [0.25, 0.3) is 0 Å². The van der Waals surface area contributed by atoms with Gasteiger partial charge in [-0.1, -0.05) is 67.8 Å². The summed E-state index contributed by atoms with van der Waals surface area (Å²) in [6.07, 6.45) is 4.42. The largest absolute Gasteiger partial charge is 0.463 e. The minimum atomic E-state index is -0.454. The molecule has 0 aliphatic heterocycles. The van der Waals surface area contributed by atoms with Crippen molar-refractivity contribution in [2.45, 2.75) is 19.3 Å². The molecule has 0 amide bonds. The fraction of sp³-hybridized carbons (Fsp3) is 0.147. The fourth-order valence-corrected chi connectivity index (χ4v) is 4.14. The molecule has 0 saturated heterocycles. The molecule has 0 atom stereocenters. The minimum Gasteiger partial charge on any atom is -0.463 e. The predicted molar refractivity (Wildman–Crippen MR) is 155 cm³/mol. The summed E-state index contributed by atoms with van der Waals surface area (Å²) in [5.41, 5.74) is 4.76. The zero-order valence-electron chi connectivity index (χ0n) is 22.1. The highest BCUT2D eigenvalue weighted by Gasteiger charge is 2.11. The van der Waals surface area contributed by atoms with Crippen LogP contribution < -0.4 is 4.74 Å². The summed E-state index contributed by atoms with van der Waals surface area (Å²) in [7, 11) is 0. The lowest BCUT2D eigenvalue weighted by Crippen LogP contribution is -2.08. The maximum Gasteiger partial charge on any atom is 0.343 e. The maximum atomic E-state index is 12.8. The van der Waals surface area contributed by atoms with Gasteiger partial charge in [-0.3, -0.25) is 0 Å². The van der Waals surface area contributed by atoms with E-state index in [4.69, 9.17) is 14.2 Å². The van der Waals surface area contributed by atoms with E-state index in [0.717, 1.165) is 46.4 Å². The fourth-order valence-electron chi connectivity index (χ4n) is 4.14. The second kappa shape index (κ2) is 13.7. The first-order valence-corrected chi connectivity index (χ1v) is 13.0. The average molecular weight is 535 g/mol. The Bertz CT molecular complexity index is 1520. The molecule has 0 unspecified atom stereocenters. The lowest BCUT2D eigenvalue weighted by atomic mass is 9.98. The van der Waals surface area contributed by atoms with Crippen LogP contribution in [0.1, 0.15) is 27.9 Å². The quantitative estimate of drug-likeness (QED) is 0.0875. The van der Waals surface area contributed by atoms with E-state index >= 15 is 0 Å². The van der Waals surface area contributed by atoms with Gasteiger partial charge in [0.1, 0.15) is 5.75 Å². The van der Waals surface area contributed by atoms with Crippen LogP contribution in [0.4, 0.5) is 0 Å². The number of carbonyl (C=O) groups is 3. The normalized spacial score (nSPS) is 10.5. The number of aryl methyl sites for hydroxylation is 1. The second-order valence-corrected chi connectivity index (χ2v) is 9.10. The first-order chi connectivity index (χ1) is 19.4. The van der Waals surface area contributed by atoms with Crippen molar-refractivity contribution in [3.8, 4) is 16.9 Å². The number of hydrogen-bond acceptors (Lipinski definition) is 6. The smallest absolute Gasteiger partial charge is 0.343 e. The highest BCUT2D eigenvalue weighted by atomic mass is 16.5. The van der Waals surface area contributed by atoms with Gasteiger partial charge in [0.05, 0.1) is 18.8 Å². The Hall–Kier alpha value is -4.97. The number of esters is 3. The van der Waals surface area contributed by atoms with Crippen LogP contribution in [0.2, 0.25) is 0 Å². The lowest BCUT2D eigenvalue weighted by Gasteiger charge is -2.09. The molecule has 0 aliphatic carbocycles. The van der Waals surface area contributed by atoms with Crippen LogP contribution in [0.5, 0.6) is 5.75 Å². The molecule has 0 radical (unpaired) electrons. The summed E-state index contributed by atoms with van der Waals surface area (Å²) in [6, 6.07) is 27.1. The number of ether oxygens (including phenoxy) is 3. The Morgan fingerprint density at radius 3 is 1.90 bits per heavy atom. The van der Waals surface area contributed by atoms with Crippen molar-refractivity contribution in [1.82, 2.24) is 0 Å². The Labute approximate surface area is 233 Å². The highest BCUT2D eigenvalue weighted by molar-refractivity contribution is 5.97. The minimum absolute atomic E-state index is 0.255. The number of rotatable bonds is 12. The van der Waals surface area contributed by atoms with Crippen molar-refractivity contribution in [2.24, 2.45) is 0 Å². The monoisotopic (exact) mass is 534 g/mol. The molecule has 0 bridgehead atoms. The molecular weight excluding hydrogens is 504 g/mol. The van der Waals surface area contributed by atoms with Crippen molar-refractivity contribution < 1.29 is 28.6 Å². The summed E-state index contributed by atoms with van der Waals surface area (Å²) in [5, 5.41) is 1.96. The van der Waals surface area contributed by atoms with Gasteiger partial charge in [0, 0.05) is 18.6 Å². The van der Waals surface area contributed by atoms with Crippen LogP contribution in [0.3, 0.4) is 0 Å². The molecule has 4 aromatic rings. The highest BCUT2D eigenvalue weighted by Crippen LogP contribution is 2.26. The van der Waals surface area contributed by atoms with E-state index < -0.39 is 17.9 Å². The number of hydrogen-bond donors (Lipinski definition) is 0. The van der Waals surface area contributed by atoms with Crippen LogP contribution in [-0.2, 0) is 31.9 Å². The Balaban J connectivity index is 1.34. The van der Waals surface area contributed by atoms with Gasteiger partial charge in [-0.2, -0.15) is 0 Å². The number of benzene rings is 4. The van der Waals surface area contributed by atoms with Gasteiger partial charge in [0.2, 0.25) is 0 Å². The SMILES string of the molecule is C=CC(=O)OCCCc1ccc(-c2ccc3cc(C(=O)Oc4ccc(CCOC(=O)C=C)cc4)ccc3c2)cc1. The predicted octanol–water partition coefficient (Wildman–Crippen LogP) is 6.66. The van der Waals surface area contributed by atoms with Crippen LogP contribution in [-0.4, -0.2) is 31.1 Å². The first kappa shape index (κ1) is 28.0. The van der Waals surface area contributed by atoms with Crippen molar-refractivity contribution >= 4 is 28.7 Å². The van der Waals surface area contributed by atoms with E-state index in [0.29, 0.717) is 24.3 Å². The van der Waals surface area contributed by atoms with Gasteiger partial charge in [-0.05, 0) is 76.2 Å². The van der Waals surface area contributed by atoms with Crippen molar-refractivity contribution in [3.05, 3.63) is 127 Å². The van der Waals surface area contributed by atoms with E-state index in [-0.39, 0.29) is 6.61 Å². The van der Waals surface area contributed by atoms with Crippen molar-refractivity contribution in [2.75, 3.05) is 13.2 Å². The third-order valence-electron chi connectivity index (χ3n) is 6.32. The molecule has 0 fully saturated rings. The van der Waals surface area contributed by atoms with Crippen LogP contribution in [0.25, 0.3) is 21.9 Å². The molecule has 6 nitrogen and oxygen atoms in total. The molecule has 0 spiro atoms. The first-order valence-electron chi connectivity index (χ1n) is 13.0. The molecule has 4 rings (SSSR count). The summed E-state index contributed by atoms with van der Waals surface area (Å²) in [5.74, 6) is -0.851. The zero-order valence-corrected chi connectivity index (χ0v) is 22.1. The zero-order chi connectivity index (χ0) is 28.3. The van der Waals surface area contributed by atoms with Crippen LogP contribution in [0.15, 0.2) is 110 Å². The van der Waals surface area contributed by atoms with Gasteiger partial charge in [0.15, 0.2) is 0 Å². The molecular formula is C34H30O6. The maximum absolute atomic E-state index is 12.8. The van der Waals surface area contributed by atoms with Gasteiger partial charge >= 0.3 is 17.9 Å². The van der Waals surface area contributed by atoms with E-state index in [1.54, 1.807) is 18.2 Å². The Kier molecular flexibility index (Phi) is 9.62. The second-order valence-electron chi connectivity index (χ2n) is 9.10. The summed E-state index contributed by atoms with van der Waals surface area (Å²) >= 11 is 0. The summed E-state index contributed by atoms with van der Waals surface area (Å²) < 4.78 is 15.6. The van der Waals surface area contributed by atoms with Gasteiger partial charge < -0.3 is 14.2 Å². The van der Waals surface area contributed by atoms with E-state index in [9.17, 15) is 14.4 Å². The molecule has 6 heteroatoms. The Morgan fingerprint density at radius 1 is 0.625 bits per heavy atom. The molecule has 0 heterocycles. The van der Waals surface area contributed by atoms with Crippen LogP contribution >= 0.6 is 0 Å². The van der Waals surface area contributed by atoms with Crippen LogP contribution in [0, 0.1) is 0 Å². The molecule has 40 heavy (non-hydrogen) atoms. The van der Waals surface area contributed by atoms with E-state index in [2.05, 4.69) is 43.5 Å². The van der Waals surface area contributed by atoms with Gasteiger partial charge in [-0.15, -0.1) is 0 Å². The third kappa shape index (κ3) is 7.77. The molecule has 0 N–H and O–H groups in total. The van der Waals surface area contributed by atoms with E-state index in [1.807, 2.05) is 36.4 Å². The summed E-state index contributed by atoms with van der Waals surface area (Å²) in [4.78, 5) is 35.0. The number of fused-ring (bicyclic) bond motifs is 1. The average Bonchev–Trinajstić information content (AvgIpc) is 2.99.